The van der Waals surface area contributed by atoms with Crippen LogP contribution >= 0.6 is 82.6 Å². The highest BCUT2D eigenvalue weighted by molar-refractivity contribution is 9.11. The number of halogens is 6. The van der Waals surface area contributed by atoms with Crippen LogP contribution in [-0.2, 0) is 43.7 Å². The van der Waals surface area contributed by atoms with Gasteiger partial charge in [-0.1, -0.05) is 93.7 Å². The van der Waals surface area contributed by atoms with E-state index in [1.165, 1.54) is 38.0 Å². The molecular weight excluding hydrogens is 1840 g/mol. The van der Waals surface area contributed by atoms with Gasteiger partial charge in [0.15, 0.2) is 0 Å². The lowest BCUT2D eigenvalue weighted by Gasteiger charge is -2.32. The lowest BCUT2D eigenvalue weighted by Crippen LogP contribution is -2.41. The highest BCUT2D eigenvalue weighted by Gasteiger charge is 2.52. The average molecular weight is 1940 g/mol. The van der Waals surface area contributed by atoms with Crippen LogP contribution < -0.4 is 36.9 Å². The Kier molecular flexibility index (Phi) is 32.2. The minimum absolute atomic E-state index is 0.324. The number of nitrogens with zero attached hydrogens (tertiary/aromatic N) is 18. The van der Waals surface area contributed by atoms with Gasteiger partial charge in [0.25, 0.3) is 0 Å². The molecule has 0 radical (unpaired) electrons. The molecule has 0 unspecified atom stereocenters. The highest BCUT2D eigenvalue weighted by atomic mass is 79.9. The van der Waals surface area contributed by atoms with E-state index in [4.69, 9.17) is 89.7 Å². The van der Waals surface area contributed by atoms with Gasteiger partial charge in [-0.3, -0.25) is 0 Å². The van der Waals surface area contributed by atoms with E-state index < -0.39 is 24.2 Å². The maximum absolute atomic E-state index is 6.07. The van der Waals surface area contributed by atoms with Crippen LogP contribution in [0.2, 0.25) is 92.5 Å². The van der Waals surface area contributed by atoms with Gasteiger partial charge in [-0.15, -0.1) is 0 Å². The van der Waals surface area contributed by atoms with Crippen molar-refractivity contribution >= 4 is 203 Å². The van der Waals surface area contributed by atoms with Crippen LogP contribution in [0.5, 0.6) is 17.6 Å². The minimum atomic E-state index is -1.12. The number of hydrogen-bond donors (Lipinski definition) is 6. The number of pyridine rings is 3. The van der Waals surface area contributed by atoms with E-state index in [1.807, 2.05) is 96.5 Å². The standard InChI is InChI=1S/C18H25N5O2Si.C13H20BrN3O2Si.C12H17BrClN3OSi.C12H11N5O.C11H17BN2O2.C6H3BrClN3.C6H4ClN3/c1-24-18-16-14(13-5-6-20-15(19)9-13)10-23(17(16)21-11-22-18)12-25-7-8-26(2,3)4;1-18-13-11-10(14)7-17(12(11)15-8-16-13)9-19-5-6-20(2,3)4;1-19(2,3)5-4-18-8-17-6-9(13)10-11(14)15-7-16-12(10)17;1-18-12-10-8(5-15-11(10)16-6-17-12)7-2-3-14-9(13)4-7;1-10(2)11(3,4)16-12(15-10)8-5-6-14-9(13)7-8;7-3-1-9-6-4(3)5(8)10-2-11-6;7-5-4-1-2-8-6(4)10-3-9-5/h5-6,9-11H,7-8,12H2,1-4H3,(H2,19,20);7-8H,5-6,9H2,1-4H3;6-7H,4-5,8H2,1-3H3;2-6H,1H3,(H2,13,14)(H,15,16,17);5-7H,1-4H3,(H2,13,14);1-2H,(H,9,10,11);1-3H,(H,8,9,10). The number of nitrogen functional groups attached to an aromatic ring is 3. The molecule has 0 saturated carbocycles. The smallest absolute Gasteiger partial charge is 0.480 e. The molecule has 9 N–H and O–H groups in total. The topological polar surface area (TPSA) is 407 Å². The maximum Gasteiger partial charge on any atom is 0.495 e. The van der Waals surface area contributed by atoms with Crippen molar-refractivity contribution < 1.29 is 37.7 Å². The quantitative estimate of drug-likeness (QED) is 0.0221. The van der Waals surface area contributed by atoms with Gasteiger partial charge in [-0.2, -0.15) is 0 Å². The molecule has 16 rings (SSSR count). The Balaban J connectivity index is 0.000000150. The first-order valence-electron chi connectivity index (χ1n) is 37.7. The fraction of sp³-hybridized carbons (Fsp3) is 0.346. The fourth-order valence-electron chi connectivity index (χ4n) is 11.5. The number of methoxy groups -OCH3 is 3. The zero-order valence-corrected chi connectivity index (χ0v) is 79.5. The molecule has 0 spiro atoms. The van der Waals surface area contributed by atoms with E-state index in [0.29, 0.717) is 70.7 Å². The molecule has 0 amide bonds. The minimum Gasteiger partial charge on any atom is -0.480 e. The van der Waals surface area contributed by atoms with Crippen molar-refractivity contribution in [3.8, 4) is 39.9 Å². The van der Waals surface area contributed by atoms with Crippen molar-refractivity contribution in [1.82, 2.24) is 103 Å². The van der Waals surface area contributed by atoms with Crippen LogP contribution in [0.3, 0.4) is 0 Å². The van der Waals surface area contributed by atoms with Crippen molar-refractivity contribution in [2.75, 3.05) is 58.4 Å². The van der Waals surface area contributed by atoms with Gasteiger partial charge in [-0.25, -0.2) is 74.8 Å². The van der Waals surface area contributed by atoms with E-state index >= 15 is 0 Å². The summed E-state index contributed by atoms with van der Waals surface area (Å²) in [7, 11) is 1.22. The van der Waals surface area contributed by atoms with Crippen LogP contribution in [0.4, 0.5) is 17.5 Å². The molecule has 0 aliphatic carbocycles. The number of hydrogen-bond acceptors (Lipinski definition) is 26. The summed E-state index contributed by atoms with van der Waals surface area (Å²) in [5.41, 5.74) is 25.9. The Bertz CT molecular complexity index is 5910. The SMILES string of the molecule is CC1(C)OB(c2ccnc(N)c2)OC1(C)C.COc1ncnc2[nH]cc(-c3ccnc(N)c3)c12.COc1ncnc2c1c(-c1ccnc(N)c1)cn2COCC[Si](C)(C)C.COc1ncnc2c1c(Br)cn2COCC[Si](C)(C)C.C[Si](C)(C)CCOCn1cc(Br)c2c(Cl)ncnc21.Clc1ncnc2[nH]cc(Br)c12.Clc1ncnc2[nH]ccc12. The maximum atomic E-state index is 6.07. The summed E-state index contributed by atoms with van der Waals surface area (Å²) >= 11 is 27.9. The Labute approximate surface area is 738 Å². The van der Waals surface area contributed by atoms with Gasteiger partial charge in [0, 0.05) is 120 Å². The molecule has 32 nitrogen and oxygen atoms in total. The second-order valence-electron chi connectivity index (χ2n) is 31.8. The third-order valence-electron chi connectivity index (χ3n) is 18.6. The first-order valence-corrected chi connectivity index (χ1v) is 52.3. The zero-order valence-electron chi connectivity index (χ0n) is 69.5. The summed E-state index contributed by atoms with van der Waals surface area (Å²) in [5, 5.41) is 6.49. The molecule has 15 aromatic heterocycles. The summed E-state index contributed by atoms with van der Waals surface area (Å²) in [4.78, 5) is 70.2. The molecule has 0 aromatic carbocycles. The van der Waals surface area contributed by atoms with Crippen molar-refractivity contribution in [1.29, 1.82) is 0 Å². The molecule has 15 aromatic rings. The van der Waals surface area contributed by atoms with E-state index in [1.54, 1.807) is 64.4 Å². The van der Waals surface area contributed by atoms with Gasteiger partial charge < -0.3 is 83.6 Å². The number of aromatic amines is 3. The summed E-state index contributed by atoms with van der Waals surface area (Å²) in [6.45, 7) is 32.9. The fourth-order valence-corrected chi connectivity index (χ4v) is 16.4. The van der Waals surface area contributed by atoms with Gasteiger partial charge in [0.2, 0.25) is 17.6 Å². The Morgan fingerprint density at radius 3 is 1.32 bits per heavy atom. The molecule has 1 saturated heterocycles. The van der Waals surface area contributed by atoms with E-state index in [-0.39, 0.29) is 18.3 Å². The summed E-state index contributed by atoms with van der Waals surface area (Å²) < 4.78 is 53.8. The largest absolute Gasteiger partial charge is 0.495 e. The monoisotopic (exact) mass is 1930 g/mol. The molecule has 16 heterocycles. The number of rotatable bonds is 21. The average Bonchev–Trinajstić information content (AvgIpc) is 1.63. The molecule has 1 aliphatic heterocycles. The molecular formula is C78H97BBr3Cl3N24O8Si3. The summed E-state index contributed by atoms with van der Waals surface area (Å²) in [6.07, 6.45) is 25.1. The molecule has 1 fully saturated rings. The molecule has 0 bridgehead atoms. The second kappa shape index (κ2) is 41.6. The second-order valence-corrected chi connectivity index (χ2v) is 52.3. The number of aromatic nitrogens is 21. The van der Waals surface area contributed by atoms with Crippen molar-refractivity contribution in [2.24, 2.45) is 0 Å². The van der Waals surface area contributed by atoms with Gasteiger partial charge in [-0.05, 0) is 153 Å². The molecule has 42 heteroatoms. The number of fused-ring (bicyclic) bond motifs is 6. The van der Waals surface area contributed by atoms with E-state index in [0.717, 1.165) is 145 Å². The third kappa shape index (κ3) is 24.8. The summed E-state index contributed by atoms with van der Waals surface area (Å²) in [6, 6.07) is 16.3. The number of anilines is 3. The van der Waals surface area contributed by atoms with Gasteiger partial charge in [0.05, 0.1) is 69.3 Å². The first-order chi connectivity index (χ1) is 57.0. The first kappa shape index (κ1) is 93.1. The van der Waals surface area contributed by atoms with Crippen LogP contribution in [0.15, 0.2) is 150 Å². The van der Waals surface area contributed by atoms with Crippen LogP contribution in [0.25, 0.3) is 88.5 Å². The van der Waals surface area contributed by atoms with E-state index in [2.05, 4.69) is 196 Å². The van der Waals surface area contributed by atoms with Gasteiger partial charge in [0.1, 0.15) is 125 Å². The molecule has 634 valence electrons. The van der Waals surface area contributed by atoms with Crippen LogP contribution in [-0.4, -0.2) is 187 Å². The van der Waals surface area contributed by atoms with Crippen LogP contribution in [0, 0.1) is 0 Å². The molecule has 0 atom stereocenters. The summed E-state index contributed by atoms with van der Waals surface area (Å²) in [5.74, 6) is 3.05. The predicted octanol–water partition coefficient (Wildman–Crippen LogP) is 17.6. The molecule has 120 heavy (non-hydrogen) atoms. The Hall–Kier alpha value is -9.20. The predicted molar refractivity (Wildman–Crippen MR) is 494 cm³/mol. The molecule has 1 aliphatic rings. The number of ether oxygens (including phenoxy) is 6. The van der Waals surface area contributed by atoms with Crippen LogP contribution in [0.1, 0.15) is 27.7 Å². The Morgan fingerprint density at radius 2 is 0.825 bits per heavy atom. The lowest BCUT2D eigenvalue weighted by atomic mass is 9.80. The van der Waals surface area contributed by atoms with Gasteiger partial charge >= 0.3 is 7.12 Å². The van der Waals surface area contributed by atoms with Crippen molar-refractivity contribution in [2.45, 2.75) is 136 Å². The Morgan fingerprint density at radius 1 is 0.425 bits per heavy atom. The third-order valence-corrected chi connectivity index (χ3v) is 26.5. The van der Waals surface area contributed by atoms with Crippen molar-refractivity contribution in [3.05, 3.63) is 165 Å². The van der Waals surface area contributed by atoms with E-state index in [9.17, 15) is 0 Å². The number of nitrogens with one attached hydrogen (secondary N) is 3. The highest BCUT2D eigenvalue weighted by Crippen LogP contribution is 2.39. The number of nitrogens with two attached hydrogens (primary N) is 3. The lowest BCUT2D eigenvalue weighted by molar-refractivity contribution is 0.00578. The number of H-pyrrole nitrogens is 3. The van der Waals surface area contributed by atoms with Crippen molar-refractivity contribution in [3.63, 3.8) is 0 Å². The zero-order chi connectivity index (χ0) is 86.9. The normalized spacial score (nSPS) is 13.0.